The van der Waals surface area contributed by atoms with Crippen LogP contribution < -0.4 is 5.73 Å². The summed E-state index contributed by atoms with van der Waals surface area (Å²) < 4.78 is 0. The third kappa shape index (κ3) is 1.47. The van der Waals surface area contributed by atoms with Gasteiger partial charge in [-0.15, -0.1) is 0 Å². The molecule has 0 fully saturated rings. The average Bonchev–Trinajstić information content (AvgIpc) is 1.80. The van der Waals surface area contributed by atoms with E-state index in [1.54, 1.807) is 6.08 Å². The molecule has 2 nitrogen and oxygen atoms in total. The van der Waals surface area contributed by atoms with Gasteiger partial charge in [0.15, 0.2) is 0 Å². The molecular formula is C6H8ClNO. The molecule has 1 aliphatic carbocycles. The van der Waals surface area contributed by atoms with Crippen LogP contribution in [-0.4, -0.2) is 11.2 Å². The number of aliphatic hydroxyl groups is 1. The highest BCUT2D eigenvalue weighted by Crippen LogP contribution is 2.17. The van der Waals surface area contributed by atoms with Crippen molar-refractivity contribution in [2.24, 2.45) is 5.73 Å². The van der Waals surface area contributed by atoms with Gasteiger partial charge in [-0.05, 0) is 12.5 Å². The van der Waals surface area contributed by atoms with Crippen LogP contribution in [0.1, 0.15) is 6.42 Å². The molecule has 0 radical (unpaired) electrons. The Morgan fingerprint density at radius 2 is 2.44 bits per heavy atom. The number of allylic oxidation sites excluding steroid dienone is 1. The average molecular weight is 146 g/mol. The zero-order chi connectivity index (χ0) is 6.85. The summed E-state index contributed by atoms with van der Waals surface area (Å²) in [6, 6.07) is 0. The highest BCUT2D eigenvalue weighted by atomic mass is 35.5. The summed E-state index contributed by atoms with van der Waals surface area (Å²) in [5, 5.41) is 9.39. The van der Waals surface area contributed by atoms with Crippen molar-refractivity contribution in [1.82, 2.24) is 0 Å². The largest absolute Gasteiger partial charge is 0.398 e. The fourth-order valence-electron chi connectivity index (χ4n) is 0.678. The van der Waals surface area contributed by atoms with Crippen LogP contribution in [0, 0.1) is 0 Å². The normalized spacial score (nSPS) is 27.1. The van der Waals surface area contributed by atoms with Crippen molar-refractivity contribution >= 4 is 11.6 Å². The van der Waals surface area contributed by atoms with Crippen molar-refractivity contribution in [1.29, 1.82) is 0 Å². The van der Waals surface area contributed by atoms with Gasteiger partial charge >= 0.3 is 0 Å². The SMILES string of the molecule is NC1=CCC(O)C=C1Cl. The van der Waals surface area contributed by atoms with Crippen LogP contribution in [0.25, 0.3) is 0 Å². The molecule has 9 heavy (non-hydrogen) atoms. The molecule has 1 aliphatic rings. The minimum atomic E-state index is -0.454. The van der Waals surface area contributed by atoms with E-state index in [-0.39, 0.29) is 0 Å². The Kier molecular flexibility index (Phi) is 1.78. The molecule has 3 heteroatoms. The van der Waals surface area contributed by atoms with Crippen LogP contribution in [0.3, 0.4) is 0 Å². The van der Waals surface area contributed by atoms with Crippen LogP contribution in [0.4, 0.5) is 0 Å². The Labute approximate surface area is 58.6 Å². The van der Waals surface area contributed by atoms with E-state index in [0.29, 0.717) is 17.2 Å². The Morgan fingerprint density at radius 3 is 2.89 bits per heavy atom. The van der Waals surface area contributed by atoms with E-state index in [1.807, 2.05) is 0 Å². The van der Waals surface area contributed by atoms with Gasteiger partial charge in [-0.2, -0.15) is 0 Å². The fourth-order valence-corrected chi connectivity index (χ4v) is 0.901. The van der Waals surface area contributed by atoms with Gasteiger partial charge in [0.2, 0.25) is 0 Å². The lowest BCUT2D eigenvalue weighted by Crippen LogP contribution is -2.10. The van der Waals surface area contributed by atoms with Crippen LogP contribution in [0.15, 0.2) is 22.9 Å². The lowest BCUT2D eigenvalue weighted by Gasteiger charge is -2.10. The molecule has 0 aliphatic heterocycles. The molecule has 0 heterocycles. The van der Waals surface area contributed by atoms with Crippen molar-refractivity contribution in [2.75, 3.05) is 0 Å². The zero-order valence-electron chi connectivity index (χ0n) is 4.84. The zero-order valence-corrected chi connectivity index (χ0v) is 5.60. The molecule has 0 aromatic carbocycles. The first-order valence-electron chi connectivity index (χ1n) is 2.71. The van der Waals surface area contributed by atoms with Gasteiger partial charge in [0, 0.05) is 5.70 Å². The third-order valence-electron chi connectivity index (χ3n) is 1.19. The number of hydrogen-bond acceptors (Lipinski definition) is 2. The summed E-state index contributed by atoms with van der Waals surface area (Å²) in [5.74, 6) is 0. The van der Waals surface area contributed by atoms with Crippen molar-refractivity contribution < 1.29 is 5.11 Å². The number of nitrogens with two attached hydrogens (primary N) is 1. The summed E-state index contributed by atoms with van der Waals surface area (Å²) in [5.41, 5.74) is 5.95. The fraction of sp³-hybridized carbons (Fsp3) is 0.333. The number of aliphatic hydroxyl groups excluding tert-OH is 1. The second-order valence-corrected chi connectivity index (χ2v) is 2.38. The first-order chi connectivity index (χ1) is 4.20. The van der Waals surface area contributed by atoms with Gasteiger partial charge in [-0.1, -0.05) is 17.7 Å². The highest BCUT2D eigenvalue weighted by Gasteiger charge is 2.07. The molecule has 1 unspecified atom stereocenters. The molecular weight excluding hydrogens is 138 g/mol. The molecule has 0 saturated heterocycles. The standard InChI is InChI=1S/C6H8ClNO/c7-5-3-4(9)1-2-6(5)8/h2-4,9H,1,8H2. The summed E-state index contributed by atoms with van der Waals surface area (Å²) >= 11 is 5.57. The van der Waals surface area contributed by atoms with Crippen molar-refractivity contribution in [3.05, 3.63) is 22.9 Å². The van der Waals surface area contributed by atoms with Crippen molar-refractivity contribution in [3.8, 4) is 0 Å². The predicted molar refractivity (Wildman–Crippen MR) is 36.8 cm³/mol. The lowest BCUT2D eigenvalue weighted by atomic mass is 10.1. The minimum Gasteiger partial charge on any atom is -0.398 e. The van der Waals surface area contributed by atoms with Gasteiger partial charge in [0.1, 0.15) is 0 Å². The van der Waals surface area contributed by atoms with E-state index in [4.69, 9.17) is 22.4 Å². The van der Waals surface area contributed by atoms with E-state index < -0.39 is 6.10 Å². The molecule has 1 rings (SSSR count). The number of halogens is 1. The van der Waals surface area contributed by atoms with E-state index in [0.717, 1.165) is 0 Å². The van der Waals surface area contributed by atoms with Gasteiger partial charge in [-0.25, -0.2) is 0 Å². The monoisotopic (exact) mass is 145 g/mol. The maximum atomic E-state index is 8.94. The van der Waals surface area contributed by atoms with Gasteiger partial charge in [0.25, 0.3) is 0 Å². The van der Waals surface area contributed by atoms with Gasteiger partial charge in [0.05, 0.1) is 11.1 Å². The van der Waals surface area contributed by atoms with E-state index in [2.05, 4.69) is 0 Å². The van der Waals surface area contributed by atoms with Crippen LogP contribution in [0.2, 0.25) is 0 Å². The van der Waals surface area contributed by atoms with Gasteiger partial charge in [-0.3, -0.25) is 0 Å². The quantitative estimate of drug-likeness (QED) is 0.528. The maximum Gasteiger partial charge on any atom is 0.0774 e. The Balaban J connectivity index is 2.75. The maximum absolute atomic E-state index is 8.94. The Morgan fingerprint density at radius 1 is 1.78 bits per heavy atom. The second kappa shape index (κ2) is 2.42. The minimum absolute atomic E-state index is 0.453. The summed E-state index contributed by atoms with van der Waals surface area (Å²) in [4.78, 5) is 0. The topological polar surface area (TPSA) is 46.2 Å². The Hall–Kier alpha value is -0.470. The number of rotatable bonds is 0. The van der Waals surface area contributed by atoms with Crippen LogP contribution >= 0.6 is 11.6 Å². The third-order valence-corrected chi connectivity index (χ3v) is 1.54. The molecule has 0 aromatic rings. The highest BCUT2D eigenvalue weighted by molar-refractivity contribution is 6.32. The van der Waals surface area contributed by atoms with Crippen LogP contribution in [-0.2, 0) is 0 Å². The van der Waals surface area contributed by atoms with E-state index in [1.165, 1.54) is 6.08 Å². The first kappa shape index (κ1) is 6.65. The predicted octanol–water partition coefficient (Wildman–Crippen LogP) is 0.716. The van der Waals surface area contributed by atoms with E-state index >= 15 is 0 Å². The molecule has 0 spiro atoms. The molecule has 0 amide bonds. The number of hydrogen-bond donors (Lipinski definition) is 2. The molecule has 1 atom stereocenters. The molecule has 3 N–H and O–H groups in total. The van der Waals surface area contributed by atoms with Crippen molar-refractivity contribution in [2.45, 2.75) is 12.5 Å². The molecule has 0 bridgehead atoms. The summed E-state index contributed by atoms with van der Waals surface area (Å²) in [7, 11) is 0. The van der Waals surface area contributed by atoms with Gasteiger partial charge < -0.3 is 10.8 Å². The summed E-state index contributed by atoms with van der Waals surface area (Å²) in [6.07, 6.45) is 3.37. The molecule has 0 aromatic heterocycles. The van der Waals surface area contributed by atoms with Crippen molar-refractivity contribution in [3.63, 3.8) is 0 Å². The van der Waals surface area contributed by atoms with Crippen LogP contribution in [0.5, 0.6) is 0 Å². The summed E-state index contributed by atoms with van der Waals surface area (Å²) in [6.45, 7) is 0. The van der Waals surface area contributed by atoms with E-state index in [9.17, 15) is 0 Å². The molecule has 0 saturated carbocycles. The molecule has 50 valence electrons. The second-order valence-electron chi connectivity index (χ2n) is 1.98. The Bertz CT molecular complexity index is 174. The lowest BCUT2D eigenvalue weighted by molar-refractivity contribution is 0.225. The first-order valence-corrected chi connectivity index (χ1v) is 3.09. The smallest absolute Gasteiger partial charge is 0.0774 e.